The maximum atomic E-state index is 10.0. The maximum absolute atomic E-state index is 10.0. The number of hydrogen-bond acceptors (Lipinski definition) is 3. The number of thiazole rings is 1. The van der Waals surface area contributed by atoms with E-state index in [2.05, 4.69) is 20.9 Å². The van der Waals surface area contributed by atoms with Crippen molar-refractivity contribution in [3.63, 3.8) is 0 Å². The number of aliphatic hydroxyl groups excluding tert-OH is 1. The van der Waals surface area contributed by atoms with Crippen LogP contribution in [0.3, 0.4) is 0 Å². The predicted molar refractivity (Wildman–Crippen MR) is 56.7 cm³/mol. The minimum absolute atomic E-state index is 0.302. The van der Waals surface area contributed by atoms with Crippen molar-refractivity contribution in [1.29, 1.82) is 0 Å². The highest BCUT2D eigenvalue weighted by molar-refractivity contribution is 9.10. The van der Waals surface area contributed by atoms with Crippen LogP contribution < -0.4 is 0 Å². The van der Waals surface area contributed by atoms with Crippen molar-refractivity contribution in [2.45, 2.75) is 31.8 Å². The molecule has 0 aromatic carbocycles. The Morgan fingerprint density at radius 2 is 2.23 bits per heavy atom. The molecule has 1 aliphatic rings. The van der Waals surface area contributed by atoms with Crippen LogP contribution in [0.15, 0.2) is 10.1 Å². The average Bonchev–Trinajstić information content (AvgIpc) is 2.72. The molecule has 0 aliphatic heterocycles. The summed E-state index contributed by atoms with van der Waals surface area (Å²) in [4.78, 5) is 5.08. The Labute approximate surface area is 90.1 Å². The topological polar surface area (TPSA) is 33.1 Å². The average molecular weight is 262 g/mol. The second-order valence-corrected chi connectivity index (χ2v) is 5.13. The van der Waals surface area contributed by atoms with Gasteiger partial charge in [-0.2, -0.15) is 0 Å². The minimum atomic E-state index is -0.302. The highest BCUT2D eigenvalue weighted by Gasteiger charge is 2.26. The molecule has 0 saturated heterocycles. The molecule has 1 aliphatic carbocycles. The van der Waals surface area contributed by atoms with Crippen molar-refractivity contribution in [3.8, 4) is 0 Å². The number of halogens is 1. The second-order valence-electron chi connectivity index (χ2n) is 3.50. The Hall–Kier alpha value is 0.0700. The van der Waals surface area contributed by atoms with E-state index < -0.39 is 0 Å². The van der Waals surface area contributed by atoms with Crippen LogP contribution in [-0.2, 0) is 0 Å². The van der Waals surface area contributed by atoms with Crippen molar-refractivity contribution < 1.29 is 5.11 Å². The van der Waals surface area contributed by atoms with Crippen molar-refractivity contribution in [2.24, 2.45) is 5.92 Å². The van der Waals surface area contributed by atoms with Gasteiger partial charge in [0.05, 0.1) is 16.5 Å². The molecule has 72 valence electrons. The molecule has 1 atom stereocenters. The highest BCUT2D eigenvalue weighted by atomic mass is 79.9. The lowest BCUT2D eigenvalue weighted by Gasteiger charge is -2.15. The van der Waals surface area contributed by atoms with Crippen LogP contribution in [0.4, 0.5) is 0 Å². The summed E-state index contributed by atoms with van der Waals surface area (Å²) in [6.45, 7) is 0. The first-order valence-electron chi connectivity index (χ1n) is 4.56. The standard InChI is InChI=1S/C9H12BrNOS/c10-9-8(13-5-11-9)7(12)6-3-1-2-4-6/h5-7,12H,1-4H2. The lowest BCUT2D eigenvalue weighted by atomic mass is 10.0. The van der Waals surface area contributed by atoms with Crippen LogP contribution >= 0.6 is 27.3 Å². The van der Waals surface area contributed by atoms with Gasteiger partial charge in [0.2, 0.25) is 0 Å². The zero-order valence-electron chi connectivity index (χ0n) is 7.24. The fourth-order valence-corrected chi connectivity index (χ4v) is 3.43. The van der Waals surface area contributed by atoms with Gasteiger partial charge in [0.1, 0.15) is 4.60 Å². The van der Waals surface area contributed by atoms with E-state index in [1.54, 1.807) is 5.51 Å². The molecule has 1 saturated carbocycles. The molecule has 0 radical (unpaired) electrons. The smallest absolute Gasteiger partial charge is 0.122 e. The summed E-state index contributed by atoms with van der Waals surface area (Å²) in [5.74, 6) is 0.455. The molecule has 1 aromatic rings. The first-order chi connectivity index (χ1) is 6.29. The van der Waals surface area contributed by atoms with E-state index in [0.717, 1.165) is 22.3 Å². The van der Waals surface area contributed by atoms with Crippen LogP contribution in [0, 0.1) is 5.92 Å². The van der Waals surface area contributed by atoms with E-state index in [9.17, 15) is 5.11 Å². The first kappa shape index (κ1) is 9.62. The molecule has 1 heterocycles. The van der Waals surface area contributed by atoms with Gasteiger partial charge in [0.15, 0.2) is 0 Å². The first-order valence-corrected chi connectivity index (χ1v) is 6.23. The van der Waals surface area contributed by atoms with E-state index in [0.29, 0.717) is 5.92 Å². The molecule has 4 heteroatoms. The zero-order chi connectivity index (χ0) is 9.26. The summed E-state index contributed by atoms with van der Waals surface area (Å²) in [6, 6.07) is 0. The van der Waals surface area contributed by atoms with Gasteiger partial charge < -0.3 is 5.11 Å². The van der Waals surface area contributed by atoms with Gasteiger partial charge in [-0.15, -0.1) is 11.3 Å². The largest absolute Gasteiger partial charge is 0.387 e. The van der Waals surface area contributed by atoms with Crippen molar-refractivity contribution in [1.82, 2.24) is 4.98 Å². The molecule has 1 unspecified atom stereocenters. The number of nitrogens with zero attached hydrogens (tertiary/aromatic N) is 1. The van der Waals surface area contributed by atoms with Gasteiger partial charge in [0.25, 0.3) is 0 Å². The maximum Gasteiger partial charge on any atom is 0.122 e. The molecule has 0 amide bonds. The van der Waals surface area contributed by atoms with Gasteiger partial charge in [-0.25, -0.2) is 4.98 Å². The summed E-state index contributed by atoms with van der Waals surface area (Å²) in [5, 5.41) is 10.0. The fourth-order valence-electron chi connectivity index (χ4n) is 1.92. The van der Waals surface area contributed by atoms with Gasteiger partial charge >= 0.3 is 0 Å². The summed E-state index contributed by atoms with van der Waals surface area (Å²) >= 11 is 4.89. The molecule has 13 heavy (non-hydrogen) atoms. The van der Waals surface area contributed by atoms with Gasteiger partial charge in [-0.1, -0.05) is 12.8 Å². The molecule has 1 aromatic heterocycles. The van der Waals surface area contributed by atoms with Crippen LogP contribution in [0.1, 0.15) is 36.7 Å². The number of aromatic nitrogens is 1. The summed E-state index contributed by atoms with van der Waals surface area (Å²) in [5.41, 5.74) is 1.78. The Bertz CT molecular complexity index is 283. The van der Waals surface area contributed by atoms with E-state index >= 15 is 0 Å². The Morgan fingerprint density at radius 3 is 2.77 bits per heavy atom. The van der Waals surface area contributed by atoms with Crippen LogP contribution in [0.25, 0.3) is 0 Å². The van der Waals surface area contributed by atoms with Gasteiger partial charge in [0, 0.05) is 0 Å². The van der Waals surface area contributed by atoms with Crippen molar-refractivity contribution in [2.75, 3.05) is 0 Å². The third-order valence-electron chi connectivity index (χ3n) is 2.66. The molecular weight excluding hydrogens is 250 g/mol. The van der Waals surface area contributed by atoms with E-state index in [4.69, 9.17) is 0 Å². The van der Waals surface area contributed by atoms with E-state index in [-0.39, 0.29) is 6.10 Å². The summed E-state index contributed by atoms with van der Waals surface area (Å²) in [7, 11) is 0. The van der Waals surface area contributed by atoms with Gasteiger partial charge in [-0.05, 0) is 34.7 Å². The Balaban J connectivity index is 2.12. The predicted octanol–water partition coefficient (Wildman–Crippen LogP) is 3.13. The van der Waals surface area contributed by atoms with Crippen molar-refractivity contribution in [3.05, 3.63) is 15.0 Å². The SMILES string of the molecule is OC(c1scnc1Br)C1CCCC1. The number of aliphatic hydroxyl groups is 1. The zero-order valence-corrected chi connectivity index (χ0v) is 9.64. The minimum Gasteiger partial charge on any atom is -0.387 e. The van der Waals surface area contributed by atoms with Crippen LogP contribution in [0.5, 0.6) is 0 Å². The summed E-state index contributed by atoms with van der Waals surface area (Å²) in [6.07, 6.45) is 4.54. The normalized spacial score (nSPS) is 20.8. The Kier molecular flexibility index (Phi) is 3.01. The molecule has 0 spiro atoms. The molecule has 2 rings (SSSR count). The van der Waals surface area contributed by atoms with Crippen LogP contribution in [0.2, 0.25) is 0 Å². The highest BCUT2D eigenvalue weighted by Crippen LogP contribution is 2.39. The van der Waals surface area contributed by atoms with Crippen LogP contribution in [-0.4, -0.2) is 10.1 Å². The third kappa shape index (κ3) is 1.95. The third-order valence-corrected chi connectivity index (χ3v) is 4.46. The molecule has 1 fully saturated rings. The van der Waals surface area contributed by atoms with Crippen molar-refractivity contribution >= 4 is 27.3 Å². The molecule has 2 nitrogen and oxygen atoms in total. The second kappa shape index (κ2) is 4.07. The van der Waals surface area contributed by atoms with Gasteiger partial charge in [-0.3, -0.25) is 0 Å². The number of rotatable bonds is 2. The van der Waals surface area contributed by atoms with E-state index in [1.807, 2.05) is 0 Å². The fraction of sp³-hybridized carbons (Fsp3) is 0.667. The van der Waals surface area contributed by atoms with E-state index in [1.165, 1.54) is 24.2 Å². The molecule has 0 bridgehead atoms. The lowest BCUT2D eigenvalue weighted by molar-refractivity contribution is 0.114. The molecular formula is C9H12BrNOS. The quantitative estimate of drug-likeness (QED) is 0.888. The Morgan fingerprint density at radius 1 is 1.54 bits per heavy atom. The lowest BCUT2D eigenvalue weighted by Crippen LogP contribution is -2.07. The number of hydrogen-bond donors (Lipinski definition) is 1. The molecule has 1 N–H and O–H groups in total. The summed E-state index contributed by atoms with van der Waals surface area (Å²) < 4.78 is 0.817. The monoisotopic (exact) mass is 261 g/mol.